The van der Waals surface area contributed by atoms with Gasteiger partial charge in [0.2, 0.25) is 11.8 Å². The molecule has 1 saturated heterocycles. The van der Waals surface area contributed by atoms with Crippen LogP contribution in [0.25, 0.3) is 10.9 Å². The first-order valence-electron chi connectivity index (χ1n) is 12.9. The van der Waals surface area contributed by atoms with Crippen LogP contribution in [-0.2, 0) is 22.4 Å². The summed E-state index contributed by atoms with van der Waals surface area (Å²) in [5.74, 6) is -6.78. The van der Waals surface area contributed by atoms with Gasteiger partial charge in [-0.25, -0.2) is 0 Å². The fraction of sp³-hybridized carbons (Fsp3) is 0.429. The number of likely N-dealkylation sites (tertiary alicyclic amines) is 1. The topological polar surface area (TPSA) is 97.5 Å². The number of nitrogens with zero attached hydrogens (tertiary/aromatic N) is 1. The Bertz CT molecular complexity index is 1310. The maximum atomic E-state index is 14.3. The van der Waals surface area contributed by atoms with Crippen molar-refractivity contribution in [3.8, 4) is 0 Å². The molecule has 2 amide bonds. The Morgan fingerprint density at radius 3 is 2.40 bits per heavy atom. The lowest BCUT2D eigenvalue weighted by Crippen LogP contribution is -2.60. The maximum Gasteiger partial charge on any atom is 0.456 e. The minimum Gasteiger partial charge on any atom is -0.384 e. The van der Waals surface area contributed by atoms with Crippen molar-refractivity contribution < 1.29 is 36.6 Å². The Morgan fingerprint density at radius 2 is 1.73 bits per heavy atom. The highest BCUT2D eigenvalue weighted by Gasteiger charge is 2.64. The number of aliphatic hydroxyl groups is 1. The normalized spacial score (nSPS) is 18.5. The predicted octanol–water partition coefficient (Wildman–Crippen LogP) is 3.58. The Hall–Kier alpha value is -3.51. The van der Waals surface area contributed by atoms with E-state index in [0.717, 1.165) is 5.56 Å². The zero-order valence-corrected chi connectivity index (χ0v) is 21.7. The fourth-order valence-corrected chi connectivity index (χ4v) is 5.14. The largest absolute Gasteiger partial charge is 0.456 e. The minimum absolute atomic E-state index is 0.199. The van der Waals surface area contributed by atoms with E-state index in [4.69, 9.17) is 0 Å². The molecule has 1 aliphatic rings. The van der Waals surface area contributed by atoms with Crippen LogP contribution in [0.4, 0.5) is 22.0 Å². The number of alkyl halides is 5. The number of aromatic amines is 1. The van der Waals surface area contributed by atoms with Gasteiger partial charge in [-0.15, -0.1) is 0 Å². The predicted molar refractivity (Wildman–Crippen MR) is 139 cm³/mol. The van der Waals surface area contributed by atoms with Crippen LogP contribution < -0.4 is 10.6 Å². The van der Waals surface area contributed by atoms with Crippen LogP contribution >= 0.6 is 0 Å². The molecule has 2 aromatic carbocycles. The molecule has 0 radical (unpaired) electrons. The van der Waals surface area contributed by atoms with E-state index in [2.05, 4.69) is 15.6 Å². The lowest BCUT2D eigenvalue weighted by atomic mass is 9.95. The molecule has 0 bridgehead atoms. The second kappa shape index (κ2) is 11.9. The highest BCUT2D eigenvalue weighted by Crippen LogP contribution is 2.40. The van der Waals surface area contributed by atoms with Gasteiger partial charge in [0.05, 0.1) is 12.1 Å². The second-order valence-electron chi connectivity index (χ2n) is 9.96. The van der Waals surface area contributed by atoms with Crippen LogP contribution in [-0.4, -0.2) is 76.7 Å². The van der Waals surface area contributed by atoms with Crippen LogP contribution in [0.3, 0.4) is 0 Å². The number of carbonyl (C=O) groups is 2. The van der Waals surface area contributed by atoms with Gasteiger partial charge >= 0.3 is 12.1 Å². The van der Waals surface area contributed by atoms with E-state index >= 15 is 0 Å². The molecule has 0 saturated carbocycles. The monoisotopic (exact) mass is 566 g/mol. The molecule has 0 spiro atoms. The third kappa shape index (κ3) is 6.12. The SMILES string of the molecule is CN[C@H](Cc1ccccc1)C(=O)N1CCC[C@H]1C(=O)N[C@@H](Cc1c[nH]c2ccccc12)[C@H](O)C(F)(F)C(F)(F)F. The van der Waals surface area contributed by atoms with Gasteiger partial charge in [0.15, 0.2) is 0 Å². The Balaban J connectivity index is 1.56. The molecule has 40 heavy (non-hydrogen) atoms. The number of amides is 2. The van der Waals surface area contributed by atoms with Crippen molar-refractivity contribution in [3.63, 3.8) is 0 Å². The number of halogens is 5. The average Bonchev–Trinajstić information content (AvgIpc) is 3.58. The van der Waals surface area contributed by atoms with Gasteiger partial charge < -0.3 is 25.6 Å². The van der Waals surface area contributed by atoms with E-state index in [9.17, 15) is 36.6 Å². The van der Waals surface area contributed by atoms with Crippen molar-refractivity contribution in [1.29, 1.82) is 0 Å². The zero-order chi connectivity index (χ0) is 29.1. The van der Waals surface area contributed by atoms with Gasteiger partial charge in [-0.3, -0.25) is 9.59 Å². The van der Waals surface area contributed by atoms with Crippen molar-refractivity contribution in [1.82, 2.24) is 20.5 Å². The van der Waals surface area contributed by atoms with Gasteiger partial charge in [0, 0.05) is 23.6 Å². The minimum atomic E-state index is -6.04. The van der Waals surface area contributed by atoms with Crippen molar-refractivity contribution in [2.45, 2.75) is 62.0 Å². The Labute approximate surface area is 227 Å². The molecule has 1 aliphatic heterocycles. The van der Waals surface area contributed by atoms with E-state index < -0.39 is 54.6 Å². The number of aliphatic hydroxyl groups excluding tert-OH is 1. The Morgan fingerprint density at radius 1 is 1.05 bits per heavy atom. The van der Waals surface area contributed by atoms with Gasteiger partial charge in [0.25, 0.3) is 0 Å². The first-order valence-corrected chi connectivity index (χ1v) is 12.9. The smallest absolute Gasteiger partial charge is 0.384 e. The van der Waals surface area contributed by atoms with Gasteiger partial charge in [-0.05, 0) is 49.9 Å². The lowest BCUT2D eigenvalue weighted by Gasteiger charge is -2.33. The molecule has 3 aromatic rings. The van der Waals surface area contributed by atoms with Crippen LogP contribution in [0, 0.1) is 0 Å². The maximum absolute atomic E-state index is 14.3. The highest BCUT2D eigenvalue weighted by molar-refractivity contribution is 5.91. The second-order valence-corrected chi connectivity index (χ2v) is 9.96. The summed E-state index contributed by atoms with van der Waals surface area (Å²) in [5, 5.41) is 16.0. The quantitative estimate of drug-likeness (QED) is 0.282. The number of hydrogen-bond acceptors (Lipinski definition) is 4. The Kier molecular flexibility index (Phi) is 8.79. The molecule has 4 atom stereocenters. The summed E-state index contributed by atoms with van der Waals surface area (Å²) in [7, 11) is 1.60. The number of para-hydroxylation sites is 1. The number of benzene rings is 2. The highest BCUT2D eigenvalue weighted by atomic mass is 19.4. The number of rotatable bonds is 10. The molecular weight excluding hydrogens is 535 g/mol. The number of hydrogen-bond donors (Lipinski definition) is 4. The summed E-state index contributed by atoms with van der Waals surface area (Å²) >= 11 is 0. The average molecular weight is 567 g/mol. The van der Waals surface area contributed by atoms with Gasteiger partial charge in [0.1, 0.15) is 12.1 Å². The van der Waals surface area contributed by atoms with Crippen molar-refractivity contribution in [2.75, 3.05) is 13.6 Å². The number of aromatic nitrogens is 1. The van der Waals surface area contributed by atoms with Crippen LogP contribution in [0.2, 0.25) is 0 Å². The molecule has 7 nitrogen and oxygen atoms in total. The van der Waals surface area contributed by atoms with E-state index in [0.29, 0.717) is 29.3 Å². The molecule has 4 N–H and O–H groups in total. The molecule has 0 unspecified atom stereocenters. The van der Waals surface area contributed by atoms with E-state index in [-0.39, 0.29) is 13.0 Å². The van der Waals surface area contributed by atoms with Gasteiger partial charge in [-0.1, -0.05) is 48.5 Å². The summed E-state index contributed by atoms with van der Waals surface area (Å²) in [6.45, 7) is 0.221. The van der Waals surface area contributed by atoms with Crippen molar-refractivity contribution in [3.05, 3.63) is 71.9 Å². The molecule has 2 heterocycles. The number of H-pyrrole nitrogens is 1. The molecule has 1 fully saturated rings. The zero-order valence-electron chi connectivity index (χ0n) is 21.7. The lowest BCUT2D eigenvalue weighted by molar-refractivity contribution is -0.316. The van der Waals surface area contributed by atoms with Crippen LogP contribution in [0.5, 0.6) is 0 Å². The summed E-state index contributed by atoms with van der Waals surface area (Å²) in [5.41, 5.74) is 1.84. The summed E-state index contributed by atoms with van der Waals surface area (Å²) in [6, 6.07) is 12.2. The van der Waals surface area contributed by atoms with Crippen molar-refractivity contribution in [2.24, 2.45) is 0 Å². The molecular formula is C28H31F5N4O3. The van der Waals surface area contributed by atoms with E-state index in [1.54, 1.807) is 31.3 Å². The molecule has 12 heteroatoms. The van der Waals surface area contributed by atoms with Crippen molar-refractivity contribution >= 4 is 22.7 Å². The van der Waals surface area contributed by atoms with Crippen LogP contribution in [0.15, 0.2) is 60.8 Å². The first kappa shape index (κ1) is 29.5. The van der Waals surface area contributed by atoms with Gasteiger partial charge in [-0.2, -0.15) is 22.0 Å². The first-order chi connectivity index (χ1) is 18.9. The van der Waals surface area contributed by atoms with E-state index in [1.807, 2.05) is 30.3 Å². The number of fused-ring (bicyclic) bond motifs is 1. The van der Waals surface area contributed by atoms with Crippen LogP contribution in [0.1, 0.15) is 24.0 Å². The molecule has 4 rings (SSSR count). The molecule has 1 aromatic heterocycles. The third-order valence-corrected chi connectivity index (χ3v) is 7.34. The summed E-state index contributed by atoms with van der Waals surface area (Å²) in [6.07, 6.45) is -7.39. The van der Waals surface area contributed by atoms with E-state index in [1.165, 1.54) is 11.1 Å². The summed E-state index contributed by atoms with van der Waals surface area (Å²) < 4.78 is 68.2. The summed E-state index contributed by atoms with van der Waals surface area (Å²) in [4.78, 5) is 30.9. The number of nitrogens with one attached hydrogen (secondary N) is 3. The number of carbonyl (C=O) groups excluding carboxylic acids is 2. The third-order valence-electron chi connectivity index (χ3n) is 7.34. The fourth-order valence-electron chi connectivity index (χ4n) is 5.14. The standard InChI is InChI=1S/C28H31F5N4O3/c1-34-22(14-17-8-3-2-4-9-17)26(40)37-13-7-12-23(37)25(39)36-21(24(38)27(29,30)28(31,32)33)15-18-16-35-20-11-6-5-10-19(18)20/h2-6,8-11,16,21-24,34-35,38H,7,12-15H2,1H3,(H,36,39)/t21-,22+,23-,24-/m0/s1. The molecule has 0 aliphatic carbocycles. The molecule has 216 valence electrons. The number of likely N-dealkylation sites (N-methyl/N-ethyl adjacent to an activating group) is 1.